The van der Waals surface area contributed by atoms with Gasteiger partial charge in [0.05, 0.1) is 17.7 Å². The lowest BCUT2D eigenvalue weighted by Crippen LogP contribution is -2.16. The molecule has 1 unspecified atom stereocenters. The quantitative estimate of drug-likeness (QED) is 0.438. The summed E-state index contributed by atoms with van der Waals surface area (Å²) in [5, 5.41) is 13.1. The van der Waals surface area contributed by atoms with Gasteiger partial charge in [0.1, 0.15) is 5.82 Å². The van der Waals surface area contributed by atoms with Crippen LogP contribution in [0.15, 0.2) is 42.6 Å². The Kier molecular flexibility index (Phi) is 9.97. The molecule has 6 nitrogen and oxygen atoms in total. The number of pyridine rings is 1. The molecule has 0 spiro atoms. The fraction of sp³-hybridized carbons (Fsp3) is 0.235. The number of thiol groups is 1. The van der Waals surface area contributed by atoms with Crippen LogP contribution in [0.4, 0.5) is 10.6 Å². The first-order valence-corrected chi connectivity index (χ1v) is 8.79. The van der Waals surface area contributed by atoms with Crippen molar-refractivity contribution in [1.82, 2.24) is 4.98 Å². The van der Waals surface area contributed by atoms with Crippen LogP contribution in [0, 0.1) is 6.92 Å². The molecular weight excluding hydrogens is 394 g/mol. The van der Waals surface area contributed by atoms with Crippen LogP contribution >= 0.6 is 36.4 Å². The van der Waals surface area contributed by atoms with E-state index in [0.717, 1.165) is 11.1 Å². The number of nitrogens with one attached hydrogen (secondary N) is 1. The van der Waals surface area contributed by atoms with E-state index in [9.17, 15) is 5.11 Å². The Bertz CT molecular complexity index is 725. The first-order chi connectivity index (χ1) is 12.3. The molecule has 0 fully saturated rings. The lowest BCUT2D eigenvalue weighted by atomic mass is 10.0. The van der Waals surface area contributed by atoms with Crippen molar-refractivity contribution in [2.45, 2.75) is 19.4 Å². The third-order valence-corrected chi connectivity index (χ3v) is 3.45. The standard InChI is InChI=1S/C16H17ClN2O2S.CH3NOS/c1-11-3-2-4-12(9-11)14(20)7-8-21-16(22)19-15-6-5-13(17)10-18-15;2-1(3)4/h2-6,9-10,14,20H,7-8H2,1H3,(H,18,19,22);(H3,2,3,4). The van der Waals surface area contributed by atoms with Gasteiger partial charge in [-0.05, 0) is 36.8 Å². The maximum absolute atomic E-state index is 10.1. The summed E-state index contributed by atoms with van der Waals surface area (Å²) in [6, 6.07) is 11.2. The smallest absolute Gasteiger partial charge is 0.273 e. The van der Waals surface area contributed by atoms with Crippen molar-refractivity contribution in [1.29, 1.82) is 0 Å². The zero-order valence-corrected chi connectivity index (χ0v) is 16.5. The summed E-state index contributed by atoms with van der Waals surface area (Å²) in [5.74, 6) is 0.564. The molecule has 4 N–H and O–H groups in total. The van der Waals surface area contributed by atoms with Crippen molar-refractivity contribution in [2.24, 2.45) is 5.73 Å². The number of ether oxygens (including phenoxy) is 1. The van der Waals surface area contributed by atoms with Crippen molar-refractivity contribution in [2.75, 3.05) is 11.9 Å². The van der Waals surface area contributed by atoms with Crippen LogP contribution < -0.4 is 11.1 Å². The third-order valence-electron chi connectivity index (χ3n) is 3.01. The molecule has 0 aliphatic rings. The van der Waals surface area contributed by atoms with Crippen molar-refractivity contribution in [3.63, 3.8) is 0 Å². The van der Waals surface area contributed by atoms with E-state index in [1.807, 2.05) is 31.2 Å². The number of aliphatic hydroxyl groups excluding tert-OH is 1. The number of hydrogen-bond acceptors (Lipinski definition) is 5. The number of anilines is 1. The number of rotatable bonds is 5. The molecule has 1 heterocycles. The molecule has 0 saturated carbocycles. The molecule has 1 amide bonds. The van der Waals surface area contributed by atoms with Crippen LogP contribution in [0.5, 0.6) is 0 Å². The Balaban J connectivity index is 0.000000765. The summed E-state index contributed by atoms with van der Waals surface area (Å²) in [4.78, 5) is 13.1. The molecule has 0 aliphatic heterocycles. The number of amides is 1. The van der Waals surface area contributed by atoms with E-state index in [2.05, 4.69) is 28.7 Å². The molecule has 1 aromatic carbocycles. The van der Waals surface area contributed by atoms with Crippen LogP contribution in [0.1, 0.15) is 23.7 Å². The molecule has 2 aromatic rings. The third kappa shape index (κ3) is 9.57. The zero-order chi connectivity index (χ0) is 19.5. The highest BCUT2D eigenvalue weighted by molar-refractivity contribution is 7.96. The summed E-state index contributed by atoms with van der Waals surface area (Å²) < 4.78 is 5.39. The average Bonchev–Trinajstić information content (AvgIpc) is 2.56. The Morgan fingerprint density at radius 2 is 2.15 bits per heavy atom. The maximum Gasteiger partial charge on any atom is 0.273 e. The summed E-state index contributed by atoms with van der Waals surface area (Å²) in [6.07, 6.45) is 1.41. The van der Waals surface area contributed by atoms with E-state index < -0.39 is 11.3 Å². The van der Waals surface area contributed by atoms with Crippen LogP contribution in [0.2, 0.25) is 5.02 Å². The van der Waals surface area contributed by atoms with Crippen LogP contribution in [-0.2, 0) is 4.74 Å². The number of aryl methyl sites for hydroxylation is 1. The highest BCUT2D eigenvalue weighted by Crippen LogP contribution is 2.17. The molecule has 2 rings (SSSR count). The van der Waals surface area contributed by atoms with E-state index >= 15 is 0 Å². The van der Waals surface area contributed by atoms with Crippen molar-refractivity contribution in [3.05, 3.63) is 58.7 Å². The van der Waals surface area contributed by atoms with E-state index in [4.69, 9.17) is 33.4 Å². The predicted molar refractivity (Wildman–Crippen MR) is 111 cm³/mol. The van der Waals surface area contributed by atoms with Gasteiger partial charge in [-0.1, -0.05) is 54.1 Å². The van der Waals surface area contributed by atoms with Gasteiger partial charge in [0.15, 0.2) is 0 Å². The SMILES string of the molecule is Cc1cccc(C(O)CCOC(=S)Nc2ccc(Cl)cn2)c1.NC(=O)S. The number of aliphatic hydroxyl groups is 1. The van der Waals surface area contributed by atoms with Gasteiger partial charge in [0.2, 0.25) is 0 Å². The van der Waals surface area contributed by atoms with Crippen LogP contribution in [-0.4, -0.2) is 27.1 Å². The Morgan fingerprint density at radius 3 is 2.73 bits per heavy atom. The zero-order valence-electron chi connectivity index (χ0n) is 14.1. The lowest BCUT2D eigenvalue weighted by molar-refractivity contribution is 0.139. The second kappa shape index (κ2) is 11.7. The number of halogens is 1. The van der Waals surface area contributed by atoms with Gasteiger partial charge in [-0.3, -0.25) is 4.79 Å². The molecule has 0 aliphatic carbocycles. The number of benzene rings is 1. The summed E-state index contributed by atoms with van der Waals surface area (Å²) in [5.41, 5.74) is 6.33. The number of hydrogen-bond donors (Lipinski definition) is 4. The second-order valence-corrected chi connectivity index (χ2v) is 6.43. The van der Waals surface area contributed by atoms with Crippen molar-refractivity contribution in [3.8, 4) is 0 Å². The highest BCUT2D eigenvalue weighted by atomic mass is 35.5. The maximum atomic E-state index is 10.1. The molecule has 9 heteroatoms. The molecule has 0 radical (unpaired) electrons. The van der Waals surface area contributed by atoms with E-state index in [1.54, 1.807) is 12.1 Å². The molecule has 1 atom stereocenters. The van der Waals surface area contributed by atoms with E-state index in [1.165, 1.54) is 6.20 Å². The first kappa shape index (κ1) is 22.2. The average molecular weight is 414 g/mol. The van der Waals surface area contributed by atoms with E-state index in [0.29, 0.717) is 23.9 Å². The van der Waals surface area contributed by atoms with Gasteiger partial charge in [-0.15, -0.1) is 0 Å². The largest absolute Gasteiger partial charge is 0.471 e. The van der Waals surface area contributed by atoms with Gasteiger partial charge in [0.25, 0.3) is 10.4 Å². The Hall–Kier alpha value is -1.87. The lowest BCUT2D eigenvalue weighted by Gasteiger charge is -2.13. The number of primary amides is 1. The fourth-order valence-corrected chi connectivity index (χ4v) is 2.20. The molecular formula is C17H20ClN3O3S2. The number of carbonyl (C=O) groups excluding carboxylic acids is 1. The summed E-state index contributed by atoms with van der Waals surface area (Å²) in [7, 11) is 0. The topological polar surface area (TPSA) is 97.5 Å². The normalized spacial score (nSPS) is 10.9. The molecule has 0 saturated heterocycles. The van der Waals surface area contributed by atoms with Gasteiger partial charge in [-0.25, -0.2) is 4.98 Å². The van der Waals surface area contributed by atoms with Crippen molar-refractivity contribution >= 4 is 52.7 Å². The highest BCUT2D eigenvalue weighted by Gasteiger charge is 2.08. The fourth-order valence-electron chi connectivity index (χ4n) is 1.90. The van der Waals surface area contributed by atoms with Crippen LogP contribution in [0.25, 0.3) is 0 Å². The van der Waals surface area contributed by atoms with Gasteiger partial charge < -0.3 is 20.9 Å². The summed E-state index contributed by atoms with van der Waals surface area (Å²) in [6.45, 7) is 2.30. The predicted octanol–water partition coefficient (Wildman–Crippen LogP) is 3.88. The molecule has 140 valence electrons. The molecule has 1 aromatic heterocycles. The Labute approximate surface area is 168 Å². The van der Waals surface area contributed by atoms with Crippen molar-refractivity contribution < 1.29 is 14.6 Å². The van der Waals surface area contributed by atoms with E-state index in [-0.39, 0.29) is 5.17 Å². The number of nitrogens with zero attached hydrogens (tertiary/aromatic N) is 1. The van der Waals surface area contributed by atoms with Crippen LogP contribution in [0.3, 0.4) is 0 Å². The molecule has 26 heavy (non-hydrogen) atoms. The minimum atomic E-state index is -0.639. The minimum absolute atomic E-state index is 0.214. The monoisotopic (exact) mass is 413 g/mol. The van der Waals surface area contributed by atoms with Gasteiger partial charge in [-0.2, -0.15) is 0 Å². The first-order valence-electron chi connectivity index (χ1n) is 7.56. The minimum Gasteiger partial charge on any atom is -0.471 e. The number of nitrogens with two attached hydrogens (primary N) is 1. The number of carbonyl (C=O) groups is 1. The number of thiocarbonyl (C=S) groups is 1. The summed E-state index contributed by atoms with van der Waals surface area (Å²) >= 11 is 13.9. The van der Waals surface area contributed by atoms with Gasteiger partial charge >= 0.3 is 0 Å². The number of aromatic nitrogens is 1. The van der Waals surface area contributed by atoms with Gasteiger partial charge in [0, 0.05) is 12.6 Å². The molecule has 0 bridgehead atoms. The second-order valence-electron chi connectivity index (χ2n) is 5.18. The Morgan fingerprint density at radius 1 is 1.46 bits per heavy atom.